The Balaban J connectivity index is 1.86. The normalized spacial score (nSPS) is 15.9. The van der Waals surface area contributed by atoms with E-state index in [9.17, 15) is 18.8 Å². The number of halogens is 1. The van der Waals surface area contributed by atoms with Gasteiger partial charge in [-0.1, -0.05) is 37.6 Å². The van der Waals surface area contributed by atoms with Crippen LogP contribution in [0.1, 0.15) is 67.4 Å². The van der Waals surface area contributed by atoms with E-state index in [1.54, 1.807) is 55.1 Å². The number of carbonyl (C=O) groups excluding carboxylic acids is 3. The van der Waals surface area contributed by atoms with Gasteiger partial charge >= 0.3 is 5.97 Å². The molecular weight excluding hydrogens is 435 g/mol. The van der Waals surface area contributed by atoms with E-state index in [0.717, 1.165) is 18.4 Å². The molecule has 0 aromatic heterocycles. The summed E-state index contributed by atoms with van der Waals surface area (Å²) in [7, 11) is 0. The van der Waals surface area contributed by atoms with Crippen molar-refractivity contribution < 1.29 is 23.5 Å². The number of nitrogens with one attached hydrogen (secondary N) is 1. The summed E-state index contributed by atoms with van der Waals surface area (Å²) in [5.74, 6) is -1.81. The van der Waals surface area contributed by atoms with Gasteiger partial charge in [-0.3, -0.25) is 9.59 Å². The second-order valence-corrected chi connectivity index (χ2v) is 8.32. The number of rotatable bonds is 9. The summed E-state index contributed by atoms with van der Waals surface area (Å²) < 4.78 is 19.2. The second-order valence-electron chi connectivity index (χ2n) is 8.32. The predicted molar refractivity (Wildman–Crippen MR) is 127 cm³/mol. The predicted octanol–water partition coefficient (Wildman–Crippen LogP) is 4.71. The molecule has 7 heteroatoms. The molecule has 1 aliphatic heterocycles. The first-order valence-corrected chi connectivity index (χ1v) is 11.7. The van der Waals surface area contributed by atoms with Gasteiger partial charge in [0.25, 0.3) is 5.91 Å². The van der Waals surface area contributed by atoms with Gasteiger partial charge in [0.1, 0.15) is 5.82 Å². The number of ether oxygens (including phenoxy) is 1. The summed E-state index contributed by atoms with van der Waals surface area (Å²) in [6.45, 7) is 6.57. The van der Waals surface area contributed by atoms with Crippen molar-refractivity contribution in [1.82, 2.24) is 10.2 Å². The van der Waals surface area contributed by atoms with Crippen LogP contribution in [0.3, 0.4) is 0 Å². The van der Waals surface area contributed by atoms with E-state index in [1.165, 1.54) is 12.1 Å². The number of nitrogens with zero attached hydrogens (tertiary/aromatic N) is 1. The van der Waals surface area contributed by atoms with E-state index in [4.69, 9.17) is 4.74 Å². The fourth-order valence-corrected chi connectivity index (χ4v) is 4.11. The molecular formula is C27H31FN2O4. The smallest absolute Gasteiger partial charge is 0.336 e. The Kier molecular flexibility index (Phi) is 8.57. The van der Waals surface area contributed by atoms with Crippen LogP contribution in [0, 0.1) is 5.82 Å². The van der Waals surface area contributed by atoms with Gasteiger partial charge in [-0.2, -0.15) is 0 Å². The van der Waals surface area contributed by atoms with Crippen LogP contribution in [0.5, 0.6) is 0 Å². The van der Waals surface area contributed by atoms with Gasteiger partial charge in [0, 0.05) is 30.1 Å². The number of unbranched alkanes of at least 4 members (excludes halogenated alkanes) is 1. The number of amides is 2. The quantitative estimate of drug-likeness (QED) is 0.429. The molecule has 0 spiro atoms. The maximum absolute atomic E-state index is 13.9. The fraction of sp³-hybridized carbons (Fsp3) is 0.370. The van der Waals surface area contributed by atoms with Crippen LogP contribution < -0.4 is 5.32 Å². The maximum Gasteiger partial charge on any atom is 0.336 e. The lowest BCUT2D eigenvalue weighted by atomic mass is 9.83. The van der Waals surface area contributed by atoms with E-state index in [-0.39, 0.29) is 31.4 Å². The third kappa shape index (κ3) is 5.90. The average molecular weight is 467 g/mol. The minimum atomic E-state index is -0.576. The molecule has 180 valence electrons. The summed E-state index contributed by atoms with van der Waals surface area (Å²) >= 11 is 0. The molecule has 34 heavy (non-hydrogen) atoms. The number of hydrogen-bond acceptors (Lipinski definition) is 4. The van der Waals surface area contributed by atoms with E-state index < -0.39 is 17.7 Å². The topological polar surface area (TPSA) is 75.7 Å². The highest BCUT2D eigenvalue weighted by molar-refractivity contribution is 5.96. The van der Waals surface area contributed by atoms with Crippen LogP contribution in [0.25, 0.3) is 0 Å². The van der Waals surface area contributed by atoms with Gasteiger partial charge in [-0.15, -0.1) is 0 Å². The Morgan fingerprint density at radius 1 is 1.15 bits per heavy atom. The summed E-state index contributed by atoms with van der Waals surface area (Å²) in [6, 6.07) is 13.0. The first kappa shape index (κ1) is 25.1. The highest BCUT2D eigenvalue weighted by atomic mass is 19.1. The highest BCUT2D eigenvalue weighted by Gasteiger charge is 2.37. The van der Waals surface area contributed by atoms with Crippen molar-refractivity contribution in [3.05, 3.63) is 82.3 Å². The van der Waals surface area contributed by atoms with Gasteiger partial charge in [0.05, 0.1) is 18.7 Å². The van der Waals surface area contributed by atoms with Crippen LogP contribution in [-0.4, -0.2) is 35.8 Å². The zero-order valence-electron chi connectivity index (χ0n) is 19.9. The second kappa shape index (κ2) is 11.6. The minimum Gasteiger partial charge on any atom is -0.463 e. The Hall–Kier alpha value is -3.48. The van der Waals surface area contributed by atoms with Gasteiger partial charge in [-0.25, -0.2) is 9.18 Å². The van der Waals surface area contributed by atoms with Crippen LogP contribution in [0.4, 0.5) is 4.39 Å². The SMILES string of the molecule is CCCCNC(=O)c1ccc(CN2C(=O)CC(c3cccc(F)c3)C(C(=O)OCC)=C2C)cc1. The summed E-state index contributed by atoms with van der Waals surface area (Å²) in [4.78, 5) is 39.8. The van der Waals surface area contributed by atoms with Crippen molar-refractivity contribution in [1.29, 1.82) is 0 Å². The minimum absolute atomic E-state index is 0.0346. The molecule has 0 saturated carbocycles. The van der Waals surface area contributed by atoms with Crippen LogP contribution in [-0.2, 0) is 20.9 Å². The van der Waals surface area contributed by atoms with Gasteiger partial charge in [-0.05, 0) is 55.7 Å². The van der Waals surface area contributed by atoms with Crippen molar-refractivity contribution in [2.75, 3.05) is 13.2 Å². The number of esters is 1. The molecule has 6 nitrogen and oxygen atoms in total. The lowest BCUT2D eigenvalue weighted by Gasteiger charge is -2.34. The molecule has 3 rings (SSSR count). The fourth-order valence-electron chi connectivity index (χ4n) is 4.11. The number of carbonyl (C=O) groups is 3. The molecule has 0 fully saturated rings. The Bertz CT molecular complexity index is 1080. The third-order valence-corrected chi connectivity index (χ3v) is 5.94. The molecule has 1 atom stereocenters. The number of allylic oxidation sites excluding steroid dienone is 1. The van der Waals surface area contributed by atoms with Gasteiger partial charge in [0.2, 0.25) is 5.91 Å². The first-order chi connectivity index (χ1) is 16.3. The summed E-state index contributed by atoms with van der Waals surface area (Å²) in [5, 5.41) is 2.88. The molecule has 1 N–H and O–H groups in total. The molecule has 1 aliphatic rings. The molecule has 2 amide bonds. The average Bonchev–Trinajstić information content (AvgIpc) is 2.82. The van der Waals surface area contributed by atoms with Crippen LogP contribution >= 0.6 is 0 Å². The van der Waals surface area contributed by atoms with E-state index in [2.05, 4.69) is 12.2 Å². The van der Waals surface area contributed by atoms with E-state index in [1.807, 2.05) is 0 Å². The van der Waals surface area contributed by atoms with E-state index >= 15 is 0 Å². The molecule has 1 unspecified atom stereocenters. The molecule has 2 aromatic carbocycles. The lowest BCUT2D eigenvalue weighted by Crippen LogP contribution is -2.38. The maximum atomic E-state index is 13.9. The molecule has 0 radical (unpaired) electrons. The number of benzene rings is 2. The summed E-state index contributed by atoms with van der Waals surface area (Å²) in [6.07, 6.45) is 1.96. The van der Waals surface area contributed by atoms with Crippen molar-refractivity contribution >= 4 is 17.8 Å². The first-order valence-electron chi connectivity index (χ1n) is 11.7. The zero-order chi connectivity index (χ0) is 24.7. The molecule has 2 aromatic rings. The van der Waals surface area contributed by atoms with E-state index in [0.29, 0.717) is 28.9 Å². The van der Waals surface area contributed by atoms with Crippen molar-refractivity contribution in [2.24, 2.45) is 0 Å². The molecule has 0 aliphatic carbocycles. The van der Waals surface area contributed by atoms with Crippen LogP contribution in [0.2, 0.25) is 0 Å². The standard InChI is InChI=1S/C27H31FN2O4/c1-4-6-14-29-26(32)20-12-10-19(11-13-20)17-30-18(3)25(27(33)34-5-2)23(16-24(30)31)21-8-7-9-22(28)15-21/h7-13,15,23H,4-6,14,16-17H2,1-3H3,(H,29,32). The highest BCUT2D eigenvalue weighted by Crippen LogP contribution is 2.37. The van der Waals surface area contributed by atoms with Gasteiger partial charge < -0.3 is 15.0 Å². The van der Waals surface area contributed by atoms with Crippen molar-refractivity contribution in [2.45, 2.75) is 52.5 Å². The van der Waals surface area contributed by atoms with Gasteiger partial charge in [0.15, 0.2) is 0 Å². The largest absolute Gasteiger partial charge is 0.463 e. The summed E-state index contributed by atoms with van der Waals surface area (Å²) in [5.41, 5.74) is 2.79. The number of hydrogen-bond donors (Lipinski definition) is 1. The molecule has 0 bridgehead atoms. The lowest BCUT2D eigenvalue weighted by molar-refractivity contribution is -0.140. The van der Waals surface area contributed by atoms with Crippen molar-refractivity contribution in [3.63, 3.8) is 0 Å². The van der Waals surface area contributed by atoms with Crippen LogP contribution in [0.15, 0.2) is 59.8 Å². The monoisotopic (exact) mass is 466 g/mol. The third-order valence-electron chi connectivity index (χ3n) is 5.94. The molecule has 1 heterocycles. The molecule has 0 saturated heterocycles. The zero-order valence-corrected chi connectivity index (χ0v) is 19.9. The van der Waals surface area contributed by atoms with Crippen molar-refractivity contribution in [3.8, 4) is 0 Å². The Morgan fingerprint density at radius 3 is 2.53 bits per heavy atom. The Morgan fingerprint density at radius 2 is 1.88 bits per heavy atom. The Labute approximate surface area is 199 Å².